The molecule has 0 aliphatic carbocycles. The first kappa shape index (κ1) is 51.1. The molecule has 6 nitrogen and oxygen atoms in total. The zero-order valence-electron chi connectivity index (χ0n) is 35.0. The summed E-state index contributed by atoms with van der Waals surface area (Å²) in [6.45, 7) is 4.80. The maximum absolute atomic E-state index is 12.4. The average molecular weight is 746 g/mol. The largest absolute Gasteiger partial charge is 0.466 e. The van der Waals surface area contributed by atoms with Crippen LogP contribution in [0.15, 0.2) is 36.5 Å². The van der Waals surface area contributed by atoms with Gasteiger partial charge >= 0.3 is 5.97 Å². The molecule has 0 rings (SSSR count). The van der Waals surface area contributed by atoms with Gasteiger partial charge in [-0.2, -0.15) is 0 Å². The molecule has 0 fully saturated rings. The fraction of sp³-hybridized carbons (Fsp3) is 0.830. The highest BCUT2D eigenvalue weighted by molar-refractivity contribution is 5.76. The molecule has 0 saturated carbocycles. The first-order valence-electron chi connectivity index (χ1n) is 22.7. The second-order valence-corrected chi connectivity index (χ2v) is 15.4. The molecular formula is C47H87NO5. The number of hydrogen-bond donors (Lipinski definition) is 3. The Kier molecular flexibility index (Phi) is 41.3. The lowest BCUT2D eigenvalue weighted by molar-refractivity contribution is -0.143. The molecular weight excluding hydrogens is 659 g/mol. The fourth-order valence-corrected chi connectivity index (χ4v) is 6.61. The lowest BCUT2D eigenvalue weighted by atomic mass is 10.0. The third kappa shape index (κ3) is 39.6. The zero-order valence-corrected chi connectivity index (χ0v) is 35.0. The summed E-state index contributed by atoms with van der Waals surface area (Å²) in [5.41, 5.74) is 0. The lowest BCUT2D eigenvalue weighted by Crippen LogP contribution is -2.45. The second kappa shape index (κ2) is 42.8. The molecule has 0 aliphatic heterocycles. The van der Waals surface area contributed by atoms with E-state index >= 15 is 0 Å². The van der Waals surface area contributed by atoms with E-state index in [1.807, 2.05) is 0 Å². The zero-order chi connectivity index (χ0) is 38.7. The van der Waals surface area contributed by atoms with Crippen molar-refractivity contribution in [1.29, 1.82) is 0 Å². The van der Waals surface area contributed by atoms with Crippen LogP contribution < -0.4 is 5.32 Å². The first-order valence-corrected chi connectivity index (χ1v) is 22.7. The number of nitrogens with one attached hydrogen (secondary N) is 1. The molecule has 2 unspecified atom stereocenters. The molecule has 2 atom stereocenters. The summed E-state index contributed by atoms with van der Waals surface area (Å²) in [6.07, 6.45) is 49.6. The van der Waals surface area contributed by atoms with E-state index in [9.17, 15) is 19.8 Å². The SMILES string of the molecule is CCCCC/C=C\C/C=C\CCCCCCCC(=O)OCCCCCC/C=C\CCCC(=O)NC(CO)C(O)CCCCCCCCCCCCCC. The van der Waals surface area contributed by atoms with Gasteiger partial charge in [0.25, 0.3) is 0 Å². The molecule has 0 spiro atoms. The summed E-state index contributed by atoms with van der Waals surface area (Å²) < 4.78 is 5.42. The minimum Gasteiger partial charge on any atom is -0.466 e. The van der Waals surface area contributed by atoms with Crippen molar-refractivity contribution in [2.24, 2.45) is 0 Å². The van der Waals surface area contributed by atoms with Gasteiger partial charge in [-0.1, -0.05) is 172 Å². The highest BCUT2D eigenvalue weighted by Gasteiger charge is 2.19. The number of aliphatic hydroxyl groups is 2. The van der Waals surface area contributed by atoms with Crippen LogP contribution in [0, 0.1) is 0 Å². The Balaban J connectivity index is 3.57. The Morgan fingerprint density at radius 3 is 1.53 bits per heavy atom. The average Bonchev–Trinajstić information content (AvgIpc) is 3.16. The molecule has 0 heterocycles. The van der Waals surface area contributed by atoms with Crippen molar-refractivity contribution in [2.45, 2.75) is 238 Å². The Bertz CT molecular complexity index is 869. The Labute approximate surface area is 328 Å². The van der Waals surface area contributed by atoms with Crippen molar-refractivity contribution in [2.75, 3.05) is 13.2 Å². The van der Waals surface area contributed by atoms with Crippen molar-refractivity contribution in [3.63, 3.8) is 0 Å². The van der Waals surface area contributed by atoms with Gasteiger partial charge in [-0.15, -0.1) is 0 Å². The summed E-state index contributed by atoms with van der Waals surface area (Å²) in [5.74, 6) is -0.150. The van der Waals surface area contributed by atoms with E-state index in [0.29, 0.717) is 25.9 Å². The van der Waals surface area contributed by atoms with Gasteiger partial charge in [0.15, 0.2) is 0 Å². The Hall–Kier alpha value is -1.92. The highest BCUT2D eigenvalue weighted by Crippen LogP contribution is 2.15. The van der Waals surface area contributed by atoms with Gasteiger partial charge in [0, 0.05) is 12.8 Å². The number of amides is 1. The van der Waals surface area contributed by atoms with E-state index in [1.54, 1.807) is 0 Å². The lowest BCUT2D eigenvalue weighted by Gasteiger charge is -2.22. The third-order valence-electron chi connectivity index (χ3n) is 10.2. The fourth-order valence-electron chi connectivity index (χ4n) is 6.61. The molecule has 310 valence electrons. The minimum absolute atomic E-state index is 0.0508. The van der Waals surface area contributed by atoms with Gasteiger partial charge < -0.3 is 20.3 Å². The van der Waals surface area contributed by atoms with Crippen molar-refractivity contribution in [3.05, 3.63) is 36.5 Å². The van der Waals surface area contributed by atoms with E-state index in [0.717, 1.165) is 83.5 Å². The molecule has 3 N–H and O–H groups in total. The number of rotatable bonds is 41. The third-order valence-corrected chi connectivity index (χ3v) is 10.2. The normalized spacial score (nSPS) is 13.1. The highest BCUT2D eigenvalue weighted by atomic mass is 16.5. The van der Waals surface area contributed by atoms with Crippen LogP contribution in [0.25, 0.3) is 0 Å². The minimum atomic E-state index is -0.695. The maximum atomic E-state index is 12.4. The first-order chi connectivity index (χ1) is 26.0. The van der Waals surface area contributed by atoms with Crippen molar-refractivity contribution >= 4 is 11.9 Å². The second-order valence-electron chi connectivity index (χ2n) is 15.4. The van der Waals surface area contributed by atoms with Crippen molar-refractivity contribution < 1.29 is 24.5 Å². The molecule has 6 heteroatoms. The number of esters is 1. The van der Waals surface area contributed by atoms with Gasteiger partial charge in [-0.3, -0.25) is 9.59 Å². The van der Waals surface area contributed by atoms with Gasteiger partial charge in [0.1, 0.15) is 0 Å². The molecule has 0 aromatic rings. The molecule has 1 amide bonds. The predicted molar refractivity (Wildman–Crippen MR) is 227 cm³/mol. The van der Waals surface area contributed by atoms with Crippen LogP contribution in [0.1, 0.15) is 226 Å². The van der Waals surface area contributed by atoms with Crippen LogP contribution >= 0.6 is 0 Å². The number of ether oxygens (including phenoxy) is 1. The Morgan fingerprint density at radius 2 is 0.962 bits per heavy atom. The van der Waals surface area contributed by atoms with E-state index in [4.69, 9.17) is 4.74 Å². The molecule has 53 heavy (non-hydrogen) atoms. The van der Waals surface area contributed by atoms with Crippen LogP contribution in [0.3, 0.4) is 0 Å². The molecule has 0 saturated heterocycles. The number of carbonyl (C=O) groups excluding carboxylic acids is 2. The number of aliphatic hydroxyl groups excluding tert-OH is 2. The molecule has 0 radical (unpaired) electrons. The van der Waals surface area contributed by atoms with Gasteiger partial charge in [0.2, 0.25) is 5.91 Å². The van der Waals surface area contributed by atoms with Crippen LogP contribution in [0.4, 0.5) is 0 Å². The summed E-state index contributed by atoms with van der Waals surface area (Å²) >= 11 is 0. The van der Waals surface area contributed by atoms with Crippen LogP contribution in [0.5, 0.6) is 0 Å². The maximum Gasteiger partial charge on any atom is 0.305 e. The van der Waals surface area contributed by atoms with E-state index < -0.39 is 12.1 Å². The van der Waals surface area contributed by atoms with Crippen molar-refractivity contribution in [3.8, 4) is 0 Å². The molecule has 0 aromatic carbocycles. The standard InChI is InChI=1S/C47H87NO5/c1-3-5-7-9-11-13-15-17-18-19-21-25-29-33-37-41-47(52)53-42-38-34-30-26-22-24-28-32-36-40-46(51)48-44(43-49)45(50)39-35-31-27-23-20-16-14-12-10-8-6-4-2/h11,13,17-18,24,28,44-45,49-50H,3-10,12,14-16,19-23,25-27,29-43H2,1-2H3,(H,48,51)/b13-11-,18-17-,28-24-. The van der Waals surface area contributed by atoms with Gasteiger partial charge in [0.05, 0.1) is 25.4 Å². The summed E-state index contributed by atoms with van der Waals surface area (Å²) in [5, 5.41) is 23.0. The molecule has 0 bridgehead atoms. The number of unbranched alkanes of at least 4 members (excludes halogenated alkanes) is 24. The summed E-state index contributed by atoms with van der Waals surface area (Å²) in [6, 6.07) is -0.579. The van der Waals surface area contributed by atoms with E-state index in [-0.39, 0.29) is 18.5 Å². The number of carbonyl (C=O) groups is 2. The number of hydrogen-bond acceptors (Lipinski definition) is 5. The van der Waals surface area contributed by atoms with Crippen LogP contribution in [0.2, 0.25) is 0 Å². The molecule has 0 aliphatic rings. The number of allylic oxidation sites excluding steroid dienone is 6. The summed E-state index contributed by atoms with van der Waals surface area (Å²) in [4.78, 5) is 24.4. The topological polar surface area (TPSA) is 95.9 Å². The van der Waals surface area contributed by atoms with E-state index in [2.05, 4.69) is 55.6 Å². The van der Waals surface area contributed by atoms with Crippen LogP contribution in [-0.4, -0.2) is 47.4 Å². The van der Waals surface area contributed by atoms with Crippen molar-refractivity contribution in [1.82, 2.24) is 5.32 Å². The summed E-state index contributed by atoms with van der Waals surface area (Å²) in [7, 11) is 0. The van der Waals surface area contributed by atoms with Crippen LogP contribution in [-0.2, 0) is 14.3 Å². The van der Waals surface area contributed by atoms with Gasteiger partial charge in [-0.05, 0) is 77.0 Å². The quantitative estimate of drug-likeness (QED) is 0.0329. The van der Waals surface area contributed by atoms with Gasteiger partial charge in [-0.25, -0.2) is 0 Å². The predicted octanol–water partition coefficient (Wildman–Crippen LogP) is 12.9. The molecule has 0 aromatic heterocycles. The smallest absolute Gasteiger partial charge is 0.305 e. The Morgan fingerprint density at radius 1 is 0.528 bits per heavy atom. The van der Waals surface area contributed by atoms with E-state index in [1.165, 1.54) is 109 Å². The monoisotopic (exact) mass is 746 g/mol.